The largest absolute Gasteiger partial charge is 0.367 e. The van der Waals surface area contributed by atoms with Crippen LogP contribution in [0.15, 0.2) is 18.5 Å². The minimum absolute atomic E-state index is 0.636. The average molecular weight is 233 g/mol. The zero-order chi connectivity index (χ0) is 12.1. The van der Waals surface area contributed by atoms with Gasteiger partial charge in [-0.15, -0.1) is 0 Å². The quantitative estimate of drug-likeness (QED) is 0.869. The Hall–Kier alpha value is -1.09. The van der Waals surface area contributed by atoms with Gasteiger partial charge in [0.15, 0.2) is 0 Å². The summed E-state index contributed by atoms with van der Waals surface area (Å²) in [4.78, 5) is 6.83. The van der Waals surface area contributed by atoms with Gasteiger partial charge in [0.25, 0.3) is 0 Å². The molecule has 1 N–H and O–H groups in total. The molecule has 1 fully saturated rings. The van der Waals surface area contributed by atoms with E-state index in [1.165, 1.54) is 43.5 Å². The lowest BCUT2D eigenvalue weighted by Crippen LogP contribution is -2.33. The number of pyridine rings is 1. The van der Waals surface area contributed by atoms with Gasteiger partial charge in [-0.25, -0.2) is 0 Å². The highest BCUT2D eigenvalue weighted by Gasteiger charge is 2.19. The van der Waals surface area contributed by atoms with Crippen LogP contribution in [0.5, 0.6) is 0 Å². The average Bonchev–Trinajstić information content (AvgIpc) is 2.55. The van der Waals surface area contributed by atoms with Crippen LogP contribution in [0.25, 0.3) is 0 Å². The maximum absolute atomic E-state index is 4.30. The van der Waals surface area contributed by atoms with E-state index in [4.69, 9.17) is 0 Å². The third-order valence-electron chi connectivity index (χ3n) is 3.62. The monoisotopic (exact) mass is 233 g/mol. The number of nitrogens with zero attached hydrogens (tertiary/aromatic N) is 2. The van der Waals surface area contributed by atoms with E-state index in [0.717, 1.165) is 6.54 Å². The Kier molecular flexibility index (Phi) is 4.37. The van der Waals surface area contributed by atoms with E-state index in [0.29, 0.717) is 6.04 Å². The Bertz CT molecular complexity index is 351. The molecule has 0 radical (unpaired) electrons. The van der Waals surface area contributed by atoms with Crippen molar-refractivity contribution in [2.75, 3.05) is 18.5 Å². The van der Waals surface area contributed by atoms with E-state index in [1.807, 2.05) is 19.4 Å². The van der Waals surface area contributed by atoms with Crippen molar-refractivity contribution in [1.82, 2.24) is 10.3 Å². The van der Waals surface area contributed by atoms with Crippen molar-refractivity contribution in [2.24, 2.45) is 0 Å². The van der Waals surface area contributed by atoms with Gasteiger partial charge in [-0.1, -0.05) is 12.8 Å². The van der Waals surface area contributed by atoms with Crippen LogP contribution in [-0.2, 0) is 6.54 Å². The normalized spacial score (nSPS) is 21.3. The first-order valence-corrected chi connectivity index (χ1v) is 6.67. The molecule has 3 heteroatoms. The molecule has 94 valence electrons. The molecule has 1 aliphatic heterocycles. The highest BCUT2D eigenvalue weighted by Crippen LogP contribution is 2.26. The molecule has 3 nitrogen and oxygen atoms in total. The zero-order valence-electron chi connectivity index (χ0n) is 10.9. The van der Waals surface area contributed by atoms with E-state index in [-0.39, 0.29) is 0 Å². The second-order valence-corrected chi connectivity index (χ2v) is 4.93. The minimum atomic E-state index is 0.636. The first-order valence-electron chi connectivity index (χ1n) is 6.67. The number of hydrogen-bond donors (Lipinski definition) is 1. The van der Waals surface area contributed by atoms with Gasteiger partial charge in [-0.3, -0.25) is 4.98 Å². The van der Waals surface area contributed by atoms with Crippen LogP contribution in [0, 0.1) is 0 Å². The van der Waals surface area contributed by atoms with Crippen LogP contribution < -0.4 is 10.2 Å². The number of hydrogen-bond acceptors (Lipinski definition) is 3. The SMILES string of the molecule is CNCc1ccncc1N1CCCCCC1C. The predicted octanol–water partition coefficient (Wildman–Crippen LogP) is 2.57. The third kappa shape index (κ3) is 2.97. The van der Waals surface area contributed by atoms with E-state index in [1.54, 1.807) is 0 Å². The summed E-state index contributed by atoms with van der Waals surface area (Å²) < 4.78 is 0. The highest BCUT2D eigenvalue weighted by atomic mass is 15.2. The van der Waals surface area contributed by atoms with Gasteiger partial charge in [0.2, 0.25) is 0 Å². The fourth-order valence-corrected chi connectivity index (χ4v) is 2.65. The molecule has 0 aromatic carbocycles. The Labute approximate surface area is 104 Å². The summed E-state index contributed by atoms with van der Waals surface area (Å²) in [5.74, 6) is 0. The summed E-state index contributed by atoms with van der Waals surface area (Å²) in [6.07, 6.45) is 9.24. The van der Waals surface area contributed by atoms with Gasteiger partial charge >= 0.3 is 0 Å². The fourth-order valence-electron chi connectivity index (χ4n) is 2.65. The van der Waals surface area contributed by atoms with Crippen molar-refractivity contribution in [1.29, 1.82) is 0 Å². The smallest absolute Gasteiger partial charge is 0.0600 e. The van der Waals surface area contributed by atoms with E-state index in [9.17, 15) is 0 Å². The van der Waals surface area contributed by atoms with Crippen molar-refractivity contribution >= 4 is 5.69 Å². The molecule has 2 rings (SSSR count). The third-order valence-corrected chi connectivity index (χ3v) is 3.62. The lowest BCUT2D eigenvalue weighted by molar-refractivity contribution is 0.612. The molecule has 1 aliphatic rings. The summed E-state index contributed by atoms with van der Waals surface area (Å²) in [5.41, 5.74) is 2.67. The van der Waals surface area contributed by atoms with Crippen molar-refractivity contribution in [3.05, 3.63) is 24.0 Å². The van der Waals surface area contributed by atoms with Gasteiger partial charge < -0.3 is 10.2 Å². The second-order valence-electron chi connectivity index (χ2n) is 4.93. The topological polar surface area (TPSA) is 28.2 Å². The molecule has 17 heavy (non-hydrogen) atoms. The first kappa shape index (κ1) is 12.4. The van der Waals surface area contributed by atoms with Crippen LogP contribution >= 0.6 is 0 Å². The Morgan fingerprint density at radius 3 is 3.12 bits per heavy atom. The number of aromatic nitrogens is 1. The molecule has 0 aliphatic carbocycles. The second kappa shape index (κ2) is 6.01. The Balaban J connectivity index is 2.24. The molecule has 1 saturated heterocycles. The van der Waals surface area contributed by atoms with Crippen molar-refractivity contribution in [3.8, 4) is 0 Å². The van der Waals surface area contributed by atoms with Crippen LogP contribution in [0.2, 0.25) is 0 Å². The molecular weight excluding hydrogens is 210 g/mol. The van der Waals surface area contributed by atoms with E-state index in [2.05, 4.69) is 28.2 Å². The molecule has 1 unspecified atom stereocenters. The summed E-state index contributed by atoms with van der Waals surface area (Å²) in [7, 11) is 2.00. The Morgan fingerprint density at radius 2 is 2.29 bits per heavy atom. The number of nitrogens with one attached hydrogen (secondary N) is 1. The van der Waals surface area contributed by atoms with E-state index >= 15 is 0 Å². The molecule has 0 saturated carbocycles. The van der Waals surface area contributed by atoms with Crippen LogP contribution in [0.3, 0.4) is 0 Å². The van der Waals surface area contributed by atoms with Gasteiger partial charge in [-0.2, -0.15) is 0 Å². The maximum Gasteiger partial charge on any atom is 0.0600 e. The highest BCUT2D eigenvalue weighted by molar-refractivity contribution is 5.52. The van der Waals surface area contributed by atoms with Crippen molar-refractivity contribution in [2.45, 2.75) is 45.2 Å². The molecule has 1 aromatic rings. The van der Waals surface area contributed by atoms with Crippen molar-refractivity contribution in [3.63, 3.8) is 0 Å². The lowest BCUT2D eigenvalue weighted by Gasteiger charge is -2.31. The van der Waals surface area contributed by atoms with Crippen LogP contribution in [-0.4, -0.2) is 24.6 Å². The van der Waals surface area contributed by atoms with Gasteiger partial charge in [0, 0.05) is 25.3 Å². The fraction of sp³-hybridized carbons (Fsp3) is 0.643. The summed E-state index contributed by atoms with van der Waals surface area (Å²) in [6.45, 7) is 4.42. The molecule has 0 amide bonds. The predicted molar refractivity (Wildman–Crippen MR) is 72.3 cm³/mol. The molecule has 0 bridgehead atoms. The Morgan fingerprint density at radius 1 is 1.41 bits per heavy atom. The first-order chi connectivity index (χ1) is 8.33. The van der Waals surface area contributed by atoms with Crippen LogP contribution in [0.4, 0.5) is 5.69 Å². The van der Waals surface area contributed by atoms with E-state index < -0.39 is 0 Å². The zero-order valence-corrected chi connectivity index (χ0v) is 10.9. The summed E-state index contributed by atoms with van der Waals surface area (Å²) in [5, 5.41) is 3.24. The summed E-state index contributed by atoms with van der Waals surface area (Å²) in [6, 6.07) is 2.76. The van der Waals surface area contributed by atoms with Gasteiger partial charge in [0.05, 0.1) is 11.9 Å². The minimum Gasteiger partial charge on any atom is -0.367 e. The molecule has 1 atom stereocenters. The van der Waals surface area contributed by atoms with Crippen LogP contribution in [0.1, 0.15) is 38.2 Å². The maximum atomic E-state index is 4.30. The number of rotatable bonds is 3. The molecule has 2 heterocycles. The lowest BCUT2D eigenvalue weighted by atomic mass is 10.1. The molecular formula is C14H23N3. The van der Waals surface area contributed by atoms with Gasteiger partial charge in [0.1, 0.15) is 0 Å². The molecule has 1 aromatic heterocycles. The number of anilines is 1. The van der Waals surface area contributed by atoms with Crippen molar-refractivity contribution < 1.29 is 0 Å². The van der Waals surface area contributed by atoms with Gasteiger partial charge in [-0.05, 0) is 38.4 Å². The molecule has 0 spiro atoms. The summed E-state index contributed by atoms with van der Waals surface area (Å²) >= 11 is 0. The standard InChI is InChI=1S/C14H23N3/c1-12-6-4-3-5-9-17(12)14-11-16-8-7-13(14)10-15-2/h7-8,11-12,15H,3-6,9-10H2,1-2H3.